The van der Waals surface area contributed by atoms with Crippen LogP contribution in [0.2, 0.25) is 0 Å². The van der Waals surface area contributed by atoms with Gasteiger partial charge >= 0.3 is 0 Å². The first-order chi connectivity index (χ1) is 9.93. The lowest BCUT2D eigenvalue weighted by molar-refractivity contribution is 0.0727. The van der Waals surface area contributed by atoms with Crippen LogP contribution in [-0.2, 0) is 16.4 Å². The topological polar surface area (TPSA) is 88.5 Å². The van der Waals surface area contributed by atoms with Crippen molar-refractivity contribution in [2.45, 2.75) is 44.6 Å². The van der Waals surface area contributed by atoms with E-state index < -0.39 is 22.0 Å². The Hall–Kier alpha value is -1.18. The molecule has 21 heavy (non-hydrogen) atoms. The third kappa shape index (κ3) is 3.72. The molecule has 1 saturated carbocycles. The number of nitrogens with zero attached hydrogens (tertiary/aromatic N) is 1. The largest absolute Gasteiger partial charge is 0.485 e. The Morgan fingerprint density at radius 1 is 1.38 bits per heavy atom. The Morgan fingerprint density at radius 3 is 2.76 bits per heavy atom. The molecular formula is C14H20N2O4S. The molecular weight excluding hydrogens is 292 g/mol. The minimum atomic E-state index is -3.21. The molecule has 0 amide bonds. The van der Waals surface area contributed by atoms with Gasteiger partial charge in [-0.3, -0.25) is 4.98 Å². The predicted molar refractivity (Wildman–Crippen MR) is 77.9 cm³/mol. The minimum Gasteiger partial charge on any atom is -0.485 e. The Labute approximate surface area is 124 Å². The van der Waals surface area contributed by atoms with Crippen LogP contribution in [0, 0.1) is 6.92 Å². The molecule has 116 valence electrons. The highest BCUT2D eigenvalue weighted by atomic mass is 32.2. The zero-order chi connectivity index (χ0) is 15.0. The summed E-state index contributed by atoms with van der Waals surface area (Å²) in [5, 5.41) is 13.2. The number of aromatic nitrogens is 1. The van der Waals surface area contributed by atoms with Crippen LogP contribution in [0.5, 0.6) is 5.75 Å². The Balaban J connectivity index is 1.74. The van der Waals surface area contributed by atoms with Gasteiger partial charge in [0.1, 0.15) is 18.0 Å². The molecule has 2 fully saturated rings. The summed E-state index contributed by atoms with van der Waals surface area (Å²) in [7, 11) is -3.21. The Bertz CT molecular complexity index is 628. The van der Waals surface area contributed by atoms with Crippen molar-refractivity contribution in [1.82, 2.24) is 10.3 Å². The summed E-state index contributed by atoms with van der Waals surface area (Å²) in [6, 6.07) is 4.17. The van der Waals surface area contributed by atoms with Crippen LogP contribution >= 0.6 is 0 Å². The van der Waals surface area contributed by atoms with Crippen LogP contribution in [0.3, 0.4) is 0 Å². The van der Waals surface area contributed by atoms with E-state index in [1.165, 1.54) is 12.8 Å². The molecule has 2 heterocycles. The number of rotatable bonds is 5. The smallest absolute Gasteiger partial charge is 0.156 e. The van der Waals surface area contributed by atoms with Crippen molar-refractivity contribution in [3.05, 3.63) is 23.5 Å². The molecule has 2 unspecified atom stereocenters. The molecule has 6 nitrogen and oxygen atoms in total. The maximum atomic E-state index is 11.5. The number of nitrogens with one attached hydrogen (secondary N) is 1. The monoisotopic (exact) mass is 312 g/mol. The Kier molecular flexibility index (Phi) is 3.90. The van der Waals surface area contributed by atoms with Gasteiger partial charge in [0, 0.05) is 18.3 Å². The van der Waals surface area contributed by atoms with Gasteiger partial charge in [-0.15, -0.1) is 0 Å². The third-order valence-electron chi connectivity index (χ3n) is 3.76. The molecule has 2 N–H and O–H groups in total. The van der Waals surface area contributed by atoms with E-state index in [1.807, 2.05) is 13.0 Å². The molecule has 7 heteroatoms. The van der Waals surface area contributed by atoms with E-state index >= 15 is 0 Å². The van der Waals surface area contributed by atoms with Gasteiger partial charge in [0.25, 0.3) is 0 Å². The summed E-state index contributed by atoms with van der Waals surface area (Å²) < 4.78 is 28.8. The molecule has 1 aliphatic carbocycles. The van der Waals surface area contributed by atoms with Crippen molar-refractivity contribution in [2.24, 2.45) is 0 Å². The molecule has 0 spiro atoms. The SMILES string of the molecule is Cc1ccc(OC2CS(=O)(=O)CC2O)c(CNC2CC2)n1. The van der Waals surface area contributed by atoms with E-state index in [9.17, 15) is 13.5 Å². The summed E-state index contributed by atoms with van der Waals surface area (Å²) in [5.41, 5.74) is 1.65. The number of hydrogen-bond donors (Lipinski definition) is 2. The molecule has 3 rings (SSSR count). The van der Waals surface area contributed by atoms with E-state index in [2.05, 4.69) is 10.3 Å². The van der Waals surface area contributed by atoms with Gasteiger partial charge in [0.15, 0.2) is 9.84 Å². The average Bonchev–Trinajstić information content (AvgIpc) is 3.17. The van der Waals surface area contributed by atoms with Crippen LogP contribution in [0.15, 0.2) is 12.1 Å². The van der Waals surface area contributed by atoms with E-state index in [0.29, 0.717) is 18.3 Å². The van der Waals surface area contributed by atoms with Crippen LogP contribution in [-0.4, -0.2) is 48.3 Å². The summed E-state index contributed by atoms with van der Waals surface area (Å²) in [4.78, 5) is 4.46. The maximum absolute atomic E-state index is 11.5. The summed E-state index contributed by atoms with van der Waals surface area (Å²) >= 11 is 0. The number of hydrogen-bond acceptors (Lipinski definition) is 6. The number of aliphatic hydroxyl groups is 1. The highest BCUT2D eigenvalue weighted by Gasteiger charge is 2.38. The molecule has 2 aliphatic rings. The number of sulfone groups is 1. The summed E-state index contributed by atoms with van der Waals surface area (Å²) in [6.07, 6.45) is 0.683. The van der Waals surface area contributed by atoms with Crippen molar-refractivity contribution >= 4 is 9.84 Å². The highest BCUT2D eigenvalue weighted by Crippen LogP contribution is 2.25. The number of ether oxygens (including phenoxy) is 1. The second-order valence-corrected chi connectivity index (χ2v) is 8.01. The number of pyridine rings is 1. The fraction of sp³-hybridized carbons (Fsp3) is 0.643. The summed E-state index contributed by atoms with van der Waals surface area (Å²) in [5.74, 6) is 0.180. The van der Waals surface area contributed by atoms with E-state index in [-0.39, 0.29) is 11.5 Å². The van der Waals surface area contributed by atoms with Crippen molar-refractivity contribution in [1.29, 1.82) is 0 Å². The van der Waals surface area contributed by atoms with Gasteiger partial charge in [-0.2, -0.15) is 0 Å². The van der Waals surface area contributed by atoms with Crippen molar-refractivity contribution in [3.8, 4) is 5.75 Å². The standard InChI is InChI=1S/C14H20N2O4S/c1-9-2-5-13(11(16-9)6-15-10-3-4-10)20-14-8-21(18,19)7-12(14)17/h2,5,10,12,14-15,17H,3-4,6-8H2,1H3. The van der Waals surface area contributed by atoms with Gasteiger partial charge in [0.05, 0.1) is 17.2 Å². The lowest BCUT2D eigenvalue weighted by Crippen LogP contribution is -2.30. The molecule has 1 aromatic rings. The van der Waals surface area contributed by atoms with Crippen molar-refractivity contribution < 1.29 is 18.3 Å². The second kappa shape index (κ2) is 5.55. The van der Waals surface area contributed by atoms with Gasteiger partial charge < -0.3 is 15.2 Å². The highest BCUT2D eigenvalue weighted by molar-refractivity contribution is 7.91. The van der Waals surface area contributed by atoms with Crippen LogP contribution in [0.4, 0.5) is 0 Å². The average molecular weight is 312 g/mol. The maximum Gasteiger partial charge on any atom is 0.156 e. The van der Waals surface area contributed by atoms with Gasteiger partial charge in [-0.05, 0) is 31.9 Å². The van der Waals surface area contributed by atoms with Gasteiger partial charge in [0.2, 0.25) is 0 Å². The lowest BCUT2D eigenvalue weighted by Gasteiger charge is -2.18. The molecule has 0 aromatic carbocycles. The van der Waals surface area contributed by atoms with Crippen LogP contribution < -0.4 is 10.1 Å². The quantitative estimate of drug-likeness (QED) is 0.806. The first-order valence-electron chi connectivity index (χ1n) is 7.18. The fourth-order valence-corrected chi connectivity index (χ4v) is 4.09. The zero-order valence-electron chi connectivity index (χ0n) is 11.9. The number of aryl methyl sites for hydroxylation is 1. The fourth-order valence-electron chi connectivity index (χ4n) is 2.43. The zero-order valence-corrected chi connectivity index (χ0v) is 12.8. The molecule has 0 bridgehead atoms. The molecule has 0 radical (unpaired) electrons. The number of aliphatic hydroxyl groups excluding tert-OH is 1. The minimum absolute atomic E-state index is 0.141. The van der Waals surface area contributed by atoms with Crippen LogP contribution in [0.1, 0.15) is 24.2 Å². The first-order valence-corrected chi connectivity index (χ1v) is 9.00. The first kappa shape index (κ1) is 14.7. The normalized spacial score (nSPS) is 27.7. The van der Waals surface area contributed by atoms with Crippen LogP contribution in [0.25, 0.3) is 0 Å². The second-order valence-electron chi connectivity index (χ2n) is 5.85. The van der Waals surface area contributed by atoms with E-state index in [0.717, 1.165) is 11.4 Å². The molecule has 1 saturated heterocycles. The van der Waals surface area contributed by atoms with Gasteiger partial charge in [-0.25, -0.2) is 8.42 Å². The third-order valence-corrected chi connectivity index (χ3v) is 5.44. The molecule has 2 atom stereocenters. The lowest BCUT2D eigenvalue weighted by atomic mass is 10.2. The van der Waals surface area contributed by atoms with Crippen molar-refractivity contribution in [2.75, 3.05) is 11.5 Å². The van der Waals surface area contributed by atoms with Gasteiger partial charge in [-0.1, -0.05) is 0 Å². The molecule has 1 aliphatic heterocycles. The van der Waals surface area contributed by atoms with Crippen molar-refractivity contribution in [3.63, 3.8) is 0 Å². The predicted octanol–water partition coefficient (Wildman–Crippen LogP) is 0.179. The Morgan fingerprint density at radius 2 is 2.14 bits per heavy atom. The van der Waals surface area contributed by atoms with E-state index in [4.69, 9.17) is 4.74 Å². The van der Waals surface area contributed by atoms with E-state index in [1.54, 1.807) is 6.07 Å². The molecule has 1 aromatic heterocycles. The summed E-state index contributed by atoms with van der Waals surface area (Å²) in [6.45, 7) is 2.50.